The van der Waals surface area contributed by atoms with Crippen molar-refractivity contribution in [1.82, 2.24) is 4.90 Å². The summed E-state index contributed by atoms with van der Waals surface area (Å²) in [6.07, 6.45) is 1.65. The van der Waals surface area contributed by atoms with Crippen LogP contribution in [-0.2, 0) is 6.42 Å². The highest BCUT2D eigenvalue weighted by Gasteiger charge is 2.33. The molecule has 1 fully saturated rings. The molecule has 1 aromatic carbocycles. The van der Waals surface area contributed by atoms with Crippen LogP contribution in [0.1, 0.15) is 25.8 Å². The molecule has 1 unspecified atom stereocenters. The van der Waals surface area contributed by atoms with Gasteiger partial charge in [-0.2, -0.15) is 0 Å². The van der Waals surface area contributed by atoms with Crippen LogP contribution in [0.3, 0.4) is 0 Å². The standard InChI is InChI=1S/C15H22ClFN2/c1-15(2)10-19(9-7-14(15)18)8-6-11-12(16)4-3-5-13(11)17/h3-5,14H,6-10,18H2,1-2H3. The van der Waals surface area contributed by atoms with Crippen LogP contribution < -0.4 is 5.73 Å². The lowest BCUT2D eigenvalue weighted by Gasteiger charge is -2.42. The molecule has 0 saturated carbocycles. The number of halogens is 2. The van der Waals surface area contributed by atoms with Gasteiger partial charge >= 0.3 is 0 Å². The molecular formula is C15H22ClFN2. The topological polar surface area (TPSA) is 29.3 Å². The number of piperidine rings is 1. The van der Waals surface area contributed by atoms with Gasteiger partial charge in [0.1, 0.15) is 5.82 Å². The zero-order chi connectivity index (χ0) is 14.0. The molecule has 1 saturated heterocycles. The zero-order valence-electron chi connectivity index (χ0n) is 11.6. The summed E-state index contributed by atoms with van der Waals surface area (Å²) in [5.41, 5.74) is 6.87. The van der Waals surface area contributed by atoms with Crippen LogP contribution in [0.15, 0.2) is 18.2 Å². The number of hydrogen-bond acceptors (Lipinski definition) is 2. The van der Waals surface area contributed by atoms with Gasteiger partial charge in [-0.1, -0.05) is 31.5 Å². The Morgan fingerprint density at radius 1 is 1.47 bits per heavy atom. The van der Waals surface area contributed by atoms with E-state index in [4.69, 9.17) is 17.3 Å². The lowest BCUT2D eigenvalue weighted by molar-refractivity contribution is 0.0963. The van der Waals surface area contributed by atoms with E-state index in [0.29, 0.717) is 17.0 Å². The molecular weight excluding hydrogens is 263 g/mol. The monoisotopic (exact) mass is 284 g/mol. The van der Waals surface area contributed by atoms with Gasteiger partial charge in [-0.25, -0.2) is 4.39 Å². The maximum Gasteiger partial charge on any atom is 0.127 e. The molecule has 0 aliphatic carbocycles. The fourth-order valence-corrected chi connectivity index (χ4v) is 2.97. The third-order valence-electron chi connectivity index (χ3n) is 4.13. The molecule has 0 aromatic heterocycles. The molecule has 2 nitrogen and oxygen atoms in total. The molecule has 0 spiro atoms. The van der Waals surface area contributed by atoms with Crippen molar-refractivity contribution in [2.24, 2.45) is 11.1 Å². The van der Waals surface area contributed by atoms with Crippen LogP contribution in [0.2, 0.25) is 5.02 Å². The highest BCUT2D eigenvalue weighted by Crippen LogP contribution is 2.28. The normalized spacial score (nSPS) is 23.5. The maximum atomic E-state index is 13.7. The number of hydrogen-bond donors (Lipinski definition) is 1. The Morgan fingerprint density at radius 2 is 2.21 bits per heavy atom. The minimum absolute atomic E-state index is 0.122. The molecule has 1 heterocycles. The molecule has 2 rings (SSSR count). The van der Waals surface area contributed by atoms with Gasteiger partial charge < -0.3 is 10.6 Å². The predicted octanol–water partition coefficient (Wildman–Crippen LogP) is 3.08. The number of likely N-dealkylation sites (tertiary alicyclic amines) is 1. The lowest BCUT2D eigenvalue weighted by atomic mass is 9.79. The Balaban J connectivity index is 1.96. The van der Waals surface area contributed by atoms with E-state index in [2.05, 4.69) is 18.7 Å². The molecule has 1 aliphatic heterocycles. The van der Waals surface area contributed by atoms with Gasteiger partial charge in [0.25, 0.3) is 0 Å². The van der Waals surface area contributed by atoms with Crippen molar-refractivity contribution < 1.29 is 4.39 Å². The summed E-state index contributed by atoms with van der Waals surface area (Å²) in [6.45, 7) is 7.16. The second-order valence-corrected chi connectivity index (χ2v) is 6.52. The summed E-state index contributed by atoms with van der Waals surface area (Å²) >= 11 is 6.05. The summed E-state index contributed by atoms with van der Waals surface area (Å²) in [5.74, 6) is -0.208. The molecule has 0 bridgehead atoms. The number of rotatable bonds is 3. The van der Waals surface area contributed by atoms with Crippen LogP contribution in [0.4, 0.5) is 4.39 Å². The summed E-state index contributed by atoms with van der Waals surface area (Å²) in [4.78, 5) is 2.35. The van der Waals surface area contributed by atoms with Crippen molar-refractivity contribution in [1.29, 1.82) is 0 Å². The first-order valence-corrected chi connectivity index (χ1v) is 7.19. The first kappa shape index (κ1) is 14.8. The van der Waals surface area contributed by atoms with Crippen molar-refractivity contribution >= 4 is 11.6 Å². The van der Waals surface area contributed by atoms with Crippen molar-refractivity contribution in [3.8, 4) is 0 Å². The highest BCUT2D eigenvalue weighted by atomic mass is 35.5. The van der Waals surface area contributed by atoms with E-state index < -0.39 is 0 Å². The minimum atomic E-state index is -0.208. The van der Waals surface area contributed by atoms with Crippen molar-refractivity contribution in [2.75, 3.05) is 19.6 Å². The molecule has 1 aliphatic rings. The second-order valence-electron chi connectivity index (χ2n) is 6.11. The van der Waals surface area contributed by atoms with Crippen molar-refractivity contribution in [2.45, 2.75) is 32.7 Å². The SMILES string of the molecule is CC1(C)CN(CCc2c(F)cccc2Cl)CCC1N. The van der Waals surface area contributed by atoms with Crippen molar-refractivity contribution in [3.05, 3.63) is 34.6 Å². The van der Waals surface area contributed by atoms with Crippen molar-refractivity contribution in [3.63, 3.8) is 0 Å². The third kappa shape index (κ3) is 3.47. The quantitative estimate of drug-likeness (QED) is 0.924. The lowest BCUT2D eigenvalue weighted by Crippen LogP contribution is -2.52. The van der Waals surface area contributed by atoms with Crippen LogP contribution in [-0.4, -0.2) is 30.6 Å². The average Bonchev–Trinajstić information content (AvgIpc) is 2.33. The minimum Gasteiger partial charge on any atom is -0.327 e. The van der Waals surface area contributed by atoms with E-state index in [-0.39, 0.29) is 17.3 Å². The Kier molecular flexibility index (Phi) is 4.49. The van der Waals surface area contributed by atoms with Gasteiger partial charge in [-0.05, 0) is 36.9 Å². The number of nitrogens with zero attached hydrogens (tertiary/aromatic N) is 1. The van der Waals surface area contributed by atoms with Gasteiger partial charge in [0.15, 0.2) is 0 Å². The van der Waals surface area contributed by atoms with Gasteiger partial charge in [0, 0.05) is 29.7 Å². The molecule has 1 atom stereocenters. The van der Waals surface area contributed by atoms with E-state index in [9.17, 15) is 4.39 Å². The zero-order valence-corrected chi connectivity index (χ0v) is 12.4. The smallest absolute Gasteiger partial charge is 0.127 e. The molecule has 106 valence electrons. The fourth-order valence-electron chi connectivity index (χ4n) is 2.72. The van der Waals surface area contributed by atoms with Gasteiger partial charge in [-0.3, -0.25) is 0 Å². The maximum absolute atomic E-state index is 13.7. The molecule has 0 radical (unpaired) electrons. The van der Waals surface area contributed by atoms with Crippen LogP contribution in [0.5, 0.6) is 0 Å². The van der Waals surface area contributed by atoms with E-state index in [1.165, 1.54) is 6.07 Å². The van der Waals surface area contributed by atoms with Gasteiger partial charge in [-0.15, -0.1) is 0 Å². The van der Waals surface area contributed by atoms with Crippen LogP contribution in [0.25, 0.3) is 0 Å². The summed E-state index contributed by atoms with van der Waals surface area (Å²) in [5, 5.41) is 0.521. The van der Waals surface area contributed by atoms with Gasteiger partial charge in [0.2, 0.25) is 0 Å². The Morgan fingerprint density at radius 3 is 2.84 bits per heavy atom. The van der Waals surface area contributed by atoms with E-state index in [0.717, 1.165) is 26.1 Å². The molecule has 0 amide bonds. The Hall–Kier alpha value is -0.640. The van der Waals surface area contributed by atoms with E-state index in [1.807, 2.05) is 0 Å². The number of benzene rings is 1. The largest absolute Gasteiger partial charge is 0.327 e. The Labute approximate surface area is 119 Å². The first-order valence-electron chi connectivity index (χ1n) is 6.81. The summed E-state index contributed by atoms with van der Waals surface area (Å²) < 4.78 is 13.7. The highest BCUT2D eigenvalue weighted by molar-refractivity contribution is 6.31. The Bertz CT molecular complexity index is 428. The summed E-state index contributed by atoms with van der Waals surface area (Å²) in [6, 6.07) is 5.11. The van der Waals surface area contributed by atoms with Gasteiger partial charge in [0.05, 0.1) is 0 Å². The van der Waals surface area contributed by atoms with E-state index in [1.54, 1.807) is 12.1 Å². The molecule has 19 heavy (non-hydrogen) atoms. The molecule has 4 heteroatoms. The molecule has 2 N–H and O–H groups in total. The fraction of sp³-hybridized carbons (Fsp3) is 0.600. The second kappa shape index (κ2) is 5.78. The van der Waals surface area contributed by atoms with Crippen LogP contribution >= 0.6 is 11.6 Å². The first-order chi connectivity index (χ1) is 8.90. The third-order valence-corrected chi connectivity index (χ3v) is 4.49. The molecule has 1 aromatic rings. The summed E-state index contributed by atoms with van der Waals surface area (Å²) in [7, 11) is 0. The number of nitrogens with two attached hydrogens (primary N) is 1. The predicted molar refractivity (Wildman–Crippen MR) is 77.9 cm³/mol. The van der Waals surface area contributed by atoms with E-state index >= 15 is 0 Å². The average molecular weight is 285 g/mol. The van der Waals surface area contributed by atoms with Crippen LogP contribution in [0, 0.1) is 11.2 Å².